The number of halogens is 1. The Kier molecular flexibility index (Phi) is 3.57. The molecule has 0 spiro atoms. The second-order valence-electron chi connectivity index (χ2n) is 6.33. The van der Waals surface area contributed by atoms with E-state index in [2.05, 4.69) is 19.2 Å². The molecule has 2 aromatic carbocycles. The van der Waals surface area contributed by atoms with Crippen molar-refractivity contribution in [3.05, 3.63) is 68.7 Å². The van der Waals surface area contributed by atoms with Crippen LogP contribution in [0.15, 0.2) is 42.5 Å². The number of anilines is 1. The number of benzene rings is 2. The lowest BCUT2D eigenvalue weighted by Gasteiger charge is -2.39. The molecule has 0 aromatic heterocycles. The van der Waals surface area contributed by atoms with Gasteiger partial charge in [0.05, 0.1) is 11.0 Å². The van der Waals surface area contributed by atoms with E-state index in [1.807, 2.05) is 24.3 Å². The van der Waals surface area contributed by atoms with Gasteiger partial charge in [0.25, 0.3) is 5.69 Å². The van der Waals surface area contributed by atoms with Gasteiger partial charge >= 0.3 is 0 Å². The smallest absolute Gasteiger partial charge is 0.269 e. The maximum Gasteiger partial charge on any atom is 0.269 e. The third kappa shape index (κ3) is 2.66. The summed E-state index contributed by atoms with van der Waals surface area (Å²) in [5.74, 6) is 0. The van der Waals surface area contributed by atoms with Gasteiger partial charge in [0.2, 0.25) is 0 Å². The van der Waals surface area contributed by atoms with Gasteiger partial charge in [-0.1, -0.05) is 37.6 Å². The van der Waals surface area contributed by atoms with Gasteiger partial charge in [-0.2, -0.15) is 0 Å². The van der Waals surface area contributed by atoms with Crippen LogP contribution in [0, 0.1) is 10.1 Å². The minimum absolute atomic E-state index is 0.0450. The van der Waals surface area contributed by atoms with Gasteiger partial charge in [0.15, 0.2) is 0 Å². The van der Waals surface area contributed by atoms with Crippen LogP contribution in [0.2, 0.25) is 5.02 Å². The van der Waals surface area contributed by atoms with Crippen LogP contribution in [-0.4, -0.2) is 4.92 Å². The Bertz CT molecular complexity index is 743. The molecule has 0 radical (unpaired) electrons. The molecule has 0 aliphatic carbocycles. The summed E-state index contributed by atoms with van der Waals surface area (Å²) < 4.78 is 0. The molecule has 1 heterocycles. The minimum Gasteiger partial charge on any atom is -0.378 e. The first-order chi connectivity index (χ1) is 10.4. The van der Waals surface area contributed by atoms with Crippen LogP contribution in [0.25, 0.3) is 0 Å². The van der Waals surface area contributed by atoms with Crippen LogP contribution < -0.4 is 5.32 Å². The Morgan fingerprint density at radius 3 is 2.77 bits per heavy atom. The van der Waals surface area contributed by atoms with E-state index >= 15 is 0 Å². The lowest BCUT2D eigenvalue weighted by molar-refractivity contribution is -0.384. The lowest BCUT2D eigenvalue weighted by atomic mass is 9.74. The molecule has 0 saturated heterocycles. The summed E-state index contributed by atoms with van der Waals surface area (Å²) in [7, 11) is 0. The molecule has 1 atom stereocenters. The number of nitrogens with one attached hydrogen (secondary N) is 1. The van der Waals surface area contributed by atoms with Crippen molar-refractivity contribution < 1.29 is 4.92 Å². The largest absolute Gasteiger partial charge is 0.378 e. The molecule has 2 aromatic rings. The monoisotopic (exact) mass is 316 g/mol. The number of rotatable bonds is 2. The fraction of sp³-hybridized carbons (Fsp3) is 0.294. The number of hydrogen-bond acceptors (Lipinski definition) is 3. The van der Waals surface area contributed by atoms with E-state index in [0.29, 0.717) is 0 Å². The van der Waals surface area contributed by atoms with Crippen LogP contribution in [0.1, 0.15) is 37.4 Å². The lowest BCUT2D eigenvalue weighted by Crippen LogP contribution is -2.31. The average Bonchev–Trinajstić information content (AvgIpc) is 2.47. The van der Waals surface area contributed by atoms with Gasteiger partial charge in [0.1, 0.15) is 0 Å². The molecule has 1 aliphatic rings. The fourth-order valence-corrected chi connectivity index (χ4v) is 3.29. The van der Waals surface area contributed by atoms with Gasteiger partial charge in [-0.05, 0) is 41.2 Å². The third-order valence-corrected chi connectivity index (χ3v) is 4.47. The van der Waals surface area contributed by atoms with E-state index in [9.17, 15) is 10.1 Å². The summed E-state index contributed by atoms with van der Waals surface area (Å²) in [6.07, 6.45) is 0.849. The summed E-state index contributed by atoms with van der Waals surface area (Å²) in [5, 5.41) is 15.2. The molecule has 114 valence electrons. The zero-order valence-electron chi connectivity index (χ0n) is 12.5. The molecule has 0 bridgehead atoms. The topological polar surface area (TPSA) is 55.2 Å². The highest BCUT2D eigenvalue weighted by molar-refractivity contribution is 6.30. The van der Waals surface area contributed by atoms with Crippen molar-refractivity contribution >= 4 is 23.0 Å². The van der Waals surface area contributed by atoms with Crippen LogP contribution in [0.5, 0.6) is 0 Å². The predicted octanol–water partition coefficient (Wildman–Crippen LogP) is 5.08. The van der Waals surface area contributed by atoms with E-state index in [1.54, 1.807) is 12.1 Å². The van der Waals surface area contributed by atoms with E-state index in [-0.39, 0.29) is 22.1 Å². The maximum absolute atomic E-state index is 11.0. The van der Waals surface area contributed by atoms with Gasteiger partial charge < -0.3 is 5.32 Å². The quantitative estimate of drug-likeness (QED) is 0.620. The average molecular weight is 317 g/mol. The molecule has 1 N–H and O–H groups in total. The minimum atomic E-state index is -0.356. The molecule has 5 heteroatoms. The van der Waals surface area contributed by atoms with Gasteiger partial charge in [-0.15, -0.1) is 0 Å². The molecule has 3 rings (SSSR count). The highest BCUT2D eigenvalue weighted by Gasteiger charge is 2.33. The third-order valence-electron chi connectivity index (χ3n) is 4.24. The number of nitro benzene ring substituents is 1. The Morgan fingerprint density at radius 1 is 1.27 bits per heavy atom. The van der Waals surface area contributed by atoms with Crippen molar-refractivity contribution in [2.24, 2.45) is 0 Å². The Balaban J connectivity index is 2.00. The molecule has 0 amide bonds. The molecule has 4 nitrogen and oxygen atoms in total. The second kappa shape index (κ2) is 5.29. The van der Waals surface area contributed by atoms with E-state index in [0.717, 1.165) is 22.7 Å². The molecular weight excluding hydrogens is 300 g/mol. The van der Waals surface area contributed by atoms with Gasteiger partial charge in [0, 0.05) is 22.8 Å². The van der Waals surface area contributed by atoms with Crippen molar-refractivity contribution in [3.8, 4) is 0 Å². The Hall–Kier alpha value is -2.07. The SMILES string of the molecule is CC1(C)CC(c2cccc([N+](=O)[O-])c2)Nc2ccc(Cl)cc21. The second-order valence-corrected chi connectivity index (χ2v) is 6.76. The van der Waals surface area contributed by atoms with Crippen LogP contribution in [0.4, 0.5) is 11.4 Å². The first kappa shape index (κ1) is 14.9. The maximum atomic E-state index is 11.0. The number of hydrogen-bond donors (Lipinski definition) is 1. The van der Waals surface area contributed by atoms with Crippen molar-refractivity contribution in [3.63, 3.8) is 0 Å². The fourth-order valence-electron chi connectivity index (χ4n) is 3.12. The summed E-state index contributed by atoms with van der Waals surface area (Å²) in [5.41, 5.74) is 3.22. The van der Waals surface area contributed by atoms with Crippen LogP contribution in [-0.2, 0) is 5.41 Å². The molecular formula is C17H17ClN2O2. The van der Waals surface area contributed by atoms with Crippen LogP contribution in [0.3, 0.4) is 0 Å². The molecule has 0 fully saturated rings. The van der Waals surface area contributed by atoms with E-state index in [1.165, 1.54) is 11.6 Å². The number of nitrogens with zero attached hydrogens (tertiary/aromatic N) is 1. The zero-order valence-corrected chi connectivity index (χ0v) is 13.2. The summed E-state index contributed by atoms with van der Waals surface area (Å²) in [6.45, 7) is 4.35. The van der Waals surface area contributed by atoms with Crippen molar-refractivity contribution in [1.82, 2.24) is 0 Å². The highest BCUT2D eigenvalue weighted by Crippen LogP contribution is 2.45. The number of non-ortho nitro benzene ring substituents is 1. The number of fused-ring (bicyclic) bond motifs is 1. The van der Waals surface area contributed by atoms with Gasteiger partial charge in [-0.3, -0.25) is 10.1 Å². The predicted molar refractivity (Wildman–Crippen MR) is 88.6 cm³/mol. The first-order valence-electron chi connectivity index (χ1n) is 7.18. The number of nitro groups is 1. The Morgan fingerprint density at radius 2 is 2.05 bits per heavy atom. The van der Waals surface area contributed by atoms with Crippen LogP contribution >= 0.6 is 11.6 Å². The normalized spacial score (nSPS) is 19.1. The molecule has 0 saturated carbocycles. The molecule has 22 heavy (non-hydrogen) atoms. The summed E-state index contributed by atoms with van der Waals surface area (Å²) in [4.78, 5) is 10.6. The zero-order chi connectivity index (χ0) is 15.9. The van der Waals surface area contributed by atoms with E-state index in [4.69, 9.17) is 11.6 Å². The summed E-state index contributed by atoms with van der Waals surface area (Å²) >= 11 is 6.11. The standard InChI is InChI=1S/C17H17ClN2O2/c1-17(2)10-16(11-4-3-5-13(8-11)20(21)22)19-15-7-6-12(18)9-14(15)17/h3-9,16,19H,10H2,1-2H3. The highest BCUT2D eigenvalue weighted by atomic mass is 35.5. The van der Waals surface area contributed by atoms with Crippen molar-refractivity contribution in [1.29, 1.82) is 0 Å². The summed E-state index contributed by atoms with van der Waals surface area (Å²) in [6, 6.07) is 12.7. The molecule has 1 aliphatic heterocycles. The molecule has 1 unspecified atom stereocenters. The van der Waals surface area contributed by atoms with E-state index < -0.39 is 0 Å². The van der Waals surface area contributed by atoms with Crippen molar-refractivity contribution in [2.75, 3.05) is 5.32 Å². The van der Waals surface area contributed by atoms with Gasteiger partial charge in [-0.25, -0.2) is 0 Å². The van der Waals surface area contributed by atoms with Crippen molar-refractivity contribution in [2.45, 2.75) is 31.7 Å². The Labute approximate surface area is 134 Å². The first-order valence-corrected chi connectivity index (χ1v) is 7.55.